The SMILES string of the molecule is CC1(C)CCCC(OCC2CCOCC2)C1O. The van der Waals surface area contributed by atoms with Crippen LogP contribution in [0, 0.1) is 11.3 Å². The summed E-state index contributed by atoms with van der Waals surface area (Å²) in [5, 5.41) is 10.3. The fraction of sp³-hybridized carbons (Fsp3) is 1.00. The molecule has 0 bridgehead atoms. The van der Waals surface area contributed by atoms with Crippen LogP contribution >= 0.6 is 0 Å². The molecule has 0 spiro atoms. The van der Waals surface area contributed by atoms with Crippen molar-refractivity contribution < 1.29 is 14.6 Å². The number of hydrogen-bond donors (Lipinski definition) is 1. The lowest BCUT2D eigenvalue weighted by atomic mass is 9.73. The molecule has 3 heteroatoms. The largest absolute Gasteiger partial charge is 0.390 e. The Bertz CT molecular complexity index is 234. The van der Waals surface area contributed by atoms with Gasteiger partial charge in [0.15, 0.2) is 0 Å². The first kappa shape index (κ1) is 13.3. The molecule has 0 aromatic heterocycles. The minimum atomic E-state index is -0.309. The van der Waals surface area contributed by atoms with Crippen LogP contribution in [-0.4, -0.2) is 37.1 Å². The lowest BCUT2D eigenvalue weighted by molar-refractivity contribution is -0.123. The van der Waals surface area contributed by atoms with Gasteiger partial charge in [0.1, 0.15) is 0 Å². The highest BCUT2D eigenvalue weighted by atomic mass is 16.5. The van der Waals surface area contributed by atoms with Gasteiger partial charge in [-0.1, -0.05) is 20.3 Å². The molecule has 2 unspecified atom stereocenters. The monoisotopic (exact) mass is 242 g/mol. The van der Waals surface area contributed by atoms with Crippen molar-refractivity contribution >= 4 is 0 Å². The lowest BCUT2D eigenvalue weighted by Gasteiger charge is -2.41. The van der Waals surface area contributed by atoms with Gasteiger partial charge in [0.05, 0.1) is 18.8 Å². The van der Waals surface area contributed by atoms with Crippen LogP contribution in [0.4, 0.5) is 0 Å². The normalized spacial score (nSPS) is 34.8. The van der Waals surface area contributed by atoms with Crippen LogP contribution in [0.5, 0.6) is 0 Å². The molecular weight excluding hydrogens is 216 g/mol. The van der Waals surface area contributed by atoms with Crippen molar-refractivity contribution in [2.24, 2.45) is 11.3 Å². The van der Waals surface area contributed by atoms with E-state index in [1.807, 2.05) is 0 Å². The van der Waals surface area contributed by atoms with Gasteiger partial charge in [0.25, 0.3) is 0 Å². The van der Waals surface area contributed by atoms with Crippen LogP contribution in [-0.2, 0) is 9.47 Å². The van der Waals surface area contributed by atoms with E-state index in [2.05, 4.69) is 13.8 Å². The minimum absolute atomic E-state index is 0.0125. The average molecular weight is 242 g/mol. The van der Waals surface area contributed by atoms with Gasteiger partial charge < -0.3 is 14.6 Å². The van der Waals surface area contributed by atoms with Crippen LogP contribution in [0.2, 0.25) is 0 Å². The van der Waals surface area contributed by atoms with Crippen molar-refractivity contribution in [2.45, 2.75) is 58.2 Å². The van der Waals surface area contributed by atoms with Gasteiger partial charge in [-0.25, -0.2) is 0 Å². The Balaban J connectivity index is 1.77. The first-order valence-corrected chi connectivity index (χ1v) is 6.97. The Morgan fingerprint density at radius 1 is 1.24 bits per heavy atom. The Morgan fingerprint density at radius 3 is 2.65 bits per heavy atom. The zero-order chi connectivity index (χ0) is 12.3. The van der Waals surface area contributed by atoms with Gasteiger partial charge in [0.2, 0.25) is 0 Å². The van der Waals surface area contributed by atoms with E-state index in [1.165, 1.54) is 6.42 Å². The first-order valence-electron chi connectivity index (χ1n) is 6.97. The van der Waals surface area contributed by atoms with E-state index in [9.17, 15) is 5.11 Å². The second kappa shape index (κ2) is 5.68. The van der Waals surface area contributed by atoms with E-state index in [0.29, 0.717) is 5.92 Å². The molecule has 17 heavy (non-hydrogen) atoms. The van der Waals surface area contributed by atoms with Crippen molar-refractivity contribution in [3.63, 3.8) is 0 Å². The van der Waals surface area contributed by atoms with E-state index in [1.54, 1.807) is 0 Å². The summed E-state index contributed by atoms with van der Waals surface area (Å²) in [5.74, 6) is 0.626. The molecule has 0 aromatic carbocycles. The highest BCUT2D eigenvalue weighted by Gasteiger charge is 2.38. The molecule has 1 aliphatic heterocycles. The molecule has 2 rings (SSSR count). The summed E-state index contributed by atoms with van der Waals surface area (Å²) in [6.07, 6.45) is 5.22. The lowest BCUT2D eigenvalue weighted by Crippen LogP contribution is -2.45. The molecule has 100 valence electrons. The zero-order valence-corrected chi connectivity index (χ0v) is 11.2. The van der Waals surface area contributed by atoms with E-state index in [-0.39, 0.29) is 17.6 Å². The summed E-state index contributed by atoms with van der Waals surface area (Å²) in [6, 6.07) is 0. The maximum atomic E-state index is 10.3. The molecule has 0 amide bonds. The highest BCUT2D eigenvalue weighted by molar-refractivity contribution is 4.89. The number of ether oxygens (including phenoxy) is 2. The average Bonchev–Trinajstić information content (AvgIpc) is 2.32. The van der Waals surface area contributed by atoms with Crippen molar-refractivity contribution in [3.05, 3.63) is 0 Å². The number of rotatable bonds is 3. The van der Waals surface area contributed by atoms with E-state index >= 15 is 0 Å². The first-order chi connectivity index (χ1) is 8.09. The predicted molar refractivity (Wildman–Crippen MR) is 66.9 cm³/mol. The molecule has 2 atom stereocenters. The molecule has 1 aliphatic carbocycles. The Morgan fingerprint density at radius 2 is 1.94 bits per heavy atom. The van der Waals surface area contributed by atoms with Gasteiger partial charge in [-0.05, 0) is 37.0 Å². The molecular formula is C14H26O3. The molecule has 1 saturated carbocycles. The zero-order valence-electron chi connectivity index (χ0n) is 11.2. The summed E-state index contributed by atoms with van der Waals surface area (Å²) >= 11 is 0. The van der Waals surface area contributed by atoms with E-state index < -0.39 is 0 Å². The summed E-state index contributed by atoms with van der Waals surface area (Å²) in [7, 11) is 0. The molecule has 0 radical (unpaired) electrons. The second-order valence-electron chi connectivity index (χ2n) is 6.25. The van der Waals surface area contributed by atoms with Crippen LogP contribution < -0.4 is 0 Å². The maximum Gasteiger partial charge on any atom is 0.0852 e. The Labute approximate surface area is 104 Å². The van der Waals surface area contributed by atoms with Crippen LogP contribution in [0.25, 0.3) is 0 Å². The van der Waals surface area contributed by atoms with Crippen molar-refractivity contribution in [2.75, 3.05) is 19.8 Å². The molecule has 3 nitrogen and oxygen atoms in total. The fourth-order valence-electron chi connectivity index (χ4n) is 2.92. The predicted octanol–water partition coefficient (Wildman–Crippen LogP) is 2.37. The van der Waals surface area contributed by atoms with Crippen molar-refractivity contribution in [1.82, 2.24) is 0 Å². The molecule has 2 fully saturated rings. The quantitative estimate of drug-likeness (QED) is 0.825. The van der Waals surface area contributed by atoms with Crippen LogP contribution in [0.15, 0.2) is 0 Å². The van der Waals surface area contributed by atoms with Gasteiger partial charge >= 0.3 is 0 Å². The maximum absolute atomic E-state index is 10.3. The third kappa shape index (κ3) is 3.43. The highest BCUT2D eigenvalue weighted by Crippen LogP contribution is 2.37. The van der Waals surface area contributed by atoms with Gasteiger partial charge in [-0.15, -0.1) is 0 Å². The van der Waals surface area contributed by atoms with Crippen molar-refractivity contribution in [1.29, 1.82) is 0 Å². The number of aliphatic hydroxyl groups excluding tert-OH is 1. The van der Waals surface area contributed by atoms with E-state index in [0.717, 1.165) is 45.5 Å². The summed E-state index contributed by atoms with van der Waals surface area (Å²) in [6.45, 7) is 6.81. The Hall–Kier alpha value is -0.120. The van der Waals surface area contributed by atoms with Gasteiger partial charge in [-0.2, -0.15) is 0 Å². The summed E-state index contributed by atoms with van der Waals surface area (Å²) in [5.41, 5.74) is 0.0125. The summed E-state index contributed by atoms with van der Waals surface area (Å²) < 4.78 is 11.3. The Kier molecular flexibility index (Phi) is 4.45. The third-order valence-electron chi connectivity index (χ3n) is 4.35. The minimum Gasteiger partial charge on any atom is -0.390 e. The molecule has 0 aromatic rings. The molecule has 1 heterocycles. The van der Waals surface area contributed by atoms with Crippen LogP contribution in [0.3, 0.4) is 0 Å². The second-order valence-corrected chi connectivity index (χ2v) is 6.25. The number of aliphatic hydroxyl groups is 1. The topological polar surface area (TPSA) is 38.7 Å². The van der Waals surface area contributed by atoms with Gasteiger partial charge in [0, 0.05) is 13.2 Å². The number of hydrogen-bond acceptors (Lipinski definition) is 3. The molecule has 1 N–H and O–H groups in total. The van der Waals surface area contributed by atoms with Gasteiger partial charge in [-0.3, -0.25) is 0 Å². The molecule has 2 aliphatic rings. The standard InChI is InChI=1S/C14H26O3/c1-14(2)7-3-4-12(13(14)15)17-10-11-5-8-16-9-6-11/h11-13,15H,3-10H2,1-2H3. The smallest absolute Gasteiger partial charge is 0.0852 e. The van der Waals surface area contributed by atoms with Crippen molar-refractivity contribution in [3.8, 4) is 0 Å². The van der Waals surface area contributed by atoms with E-state index in [4.69, 9.17) is 9.47 Å². The third-order valence-corrected chi connectivity index (χ3v) is 4.35. The fourth-order valence-corrected chi connectivity index (χ4v) is 2.92. The molecule has 1 saturated heterocycles. The van der Waals surface area contributed by atoms with Crippen LogP contribution in [0.1, 0.15) is 46.0 Å². The summed E-state index contributed by atoms with van der Waals surface area (Å²) in [4.78, 5) is 0.